The SMILES string of the molecule is COc1ccc(C(=O)Nc2ccccc2Sc2ccc([N+](=O)[O-])cc2)cc1. The van der Waals surface area contributed by atoms with Gasteiger partial charge in [0.2, 0.25) is 0 Å². The van der Waals surface area contributed by atoms with Crippen molar-refractivity contribution >= 4 is 29.0 Å². The van der Waals surface area contributed by atoms with Gasteiger partial charge in [-0.3, -0.25) is 14.9 Å². The van der Waals surface area contributed by atoms with Gasteiger partial charge in [0.25, 0.3) is 11.6 Å². The molecule has 0 saturated carbocycles. The third-order valence-corrected chi connectivity index (χ3v) is 4.85. The summed E-state index contributed by atoms with van der Waals surface area (Å²) in [5.74, 6) is 0.454. The molecular formula is C20H16N2O4S. The fourth-order valence-corrected chi connectivity index (χ4v) is 3.26. The Morgan fingerprint density at radius 3 is 2.30 bits per heavy atom. The van der Waals surface area contributed by atoms with Gasteiger partial charge in [0.05, 0.1) is 17.7 Å². The zero-order chi connectivity index (χ0) is 19.2. The van der Waals surface area contributed by atoms with Crippen molar-refractivity contribution < 1.29 is 14.5 Å². The molecule has 27 heavy (non-hydrogen) atoms. The number of benzene rings is 3. The van der Waals surface area contributed by atoms with Gasteiger partial charge in [-0.15, -0.1) is 0 Å². The van der Waals surface area contributed by atoms with Crippen LogP contribution in [0.25, 0.3) is 0 Å². The van der Waals surface area contributed by atoms with Gasteiger partial charge in [0.1, 0.15) is 5.75 Å². The minimum atomic E-state index is -0.433. The lowest BCUT2D eigenvalue weighted by atomic mass is 10.2. The lowest BCUT2D eigenvalue weighted by molar-refractivity contribution is -0.384. The lowest BCUT2D eigenvalue weighted by Gasteiger charge is -2.11. The molecule has 3 aromatic carbocycles. The van der Waals surface area contributed by atoms with Crippen molar-refractivity contribution in [3.63, 3.8) is 0 Å². The Kier molecular flexibility index (Phi) is 5.73. The molecular weight excluding hydrogens is 364 g/mol. The number of nitrogens with one attached hydrogen (secondary N) is 1. The van der Waals surface area contributed by atoms with E-state index in [0.717, 1.165) is 9.79 Å². The van der Waals surface area contributed by atoms with Gasteiger partial charge in [-0.25, -0.2) is 0 Å². The maximum Gasteiger partial charge on any atom is 0.269 e. The van der Waals surface area contributed by atoms with Crippen LogP contribution in [0, 0.1) is 10.1 Å². The topological polar surface area (TPSA) is 81.5 Å². The van der Waals surface area contributed by atoms with Crippen molar-refractivity contribution in [2.75, 3.05) is 12.4 Å². The monoisotopic (exact) mass is 380 g/mol. The maximum atomic E-state index is 12.5. The molecule has 0 spiro atoms. The summed E-state index contributed by atoms with van der Waals surface area (Å²) < 4.78 is 5.10. The molecule has 0 aromatic heterocycles. The zero-order valence-corrected chi connectivity index (χ0v) is 15.2. The number of hydrogen-bond acceptors (Lipinski definition) is 5. The minimum Gasteiger partial charge on any atom is -0.497 e. The van der Waals surface area contributed by atoms with Gasteiger partial charge in [-0.05, 0) is 48.5 Å². The van der Waals surface area contributed by atoms with E-state index < -0.39 is 4.92 Å². The second-order valence-electron chi connectivity index (χ2n) is 5.53. The fourth-order valence-electron chi connectivity index (χ4n) is 2.36. The summed E-state index contributed by atoms with van der Waals surface area (Å²) in [6, 6.07) is 20.5. The van der Waals surface area contributed by atoms with Crippen molar-refractivity contribution in [2.45, 2.75) is 9.79 Å². The largest absolute Gasteiger partial charge is 0.497 e. The Balaban J connectivity index is 1.76. The standard InChI is InChI=1S/C20H16N2O4S/c1-26-16-10-6-14(7-11-16)20(23)21-18-4-2-3-5-19(18)27-17-12-8-15(9-13-17)22(24)25/h2-13H,1H3,(H,21,23). The number of para-hydroxylation sites is 1. The van der Waals surface area contributed by atoms with Crippen LogP contribution in [0.4, 0.5) is 11.4 Å². The Hall–Kier alpha value is -3.32. The highest BCUT2D eigenvalue weighted by atomic mass is 32.2. The van der Waals surface area contributed by atoms with Crippen LogP contribution in [0.15, 0.2) is 82.6 Å². The van der Waals surface area contributed by atoms with Crippen LogP contribution >= 0.6 is 11.8 Å². The molecule has 6 nitrogen and oxygen atoms in total. The second-order valence-corrected chi connectivity index (χ2v) is 6.65. The van der Waals surface area contributed by atoms with Crippen LogP contribution in [0.5, 0.6) is 5.75 Å². The summed E-state index contributed by atoms with van der Waals surface area (Å²) >= 11 is 1.42. The molecule has 1 N–H and O–H groups in total. The molecule has 0 aliphatic rings. The molecule has 0 saturated heterocycles. The molecule has 0 heterocycles. The number of rotatable bonds is 6. The van der Waals surface area contributed by atoms with E-state index in [1.807, 2.05) is 24.3 Å². The molecule has 0 aliphatic carbocycles. The second kappa shape index (κ2) is 8.37. The molecule has 3 rings (SSSR count). The average Bonchev–Trinajstić information content (AvgIpc) is 2.70. The maximum absolute atomic E-state index is 12.5. The molecule has 7 heteroatoms. The van der Waals surface area contributed by atoms with Crippen LogP contribution in [0.1, 0.15) is 10.4 Å². The number of non-ortho nitro benzene ring substituents is 1. The molecule has 0 radical (unpaired) electrons. The number of nitro groups is 1. The van der Waals surface area contributed by atoms with E-state index in [0.29, 0.717) is 17.0 Å². The van der Waals surface area contributed by atoms with Crippen molar-refractivity contribution in [1.82, 2.24) is 0 Å². The van der Waals surface area contributed by atoms with Crippen molar-refractivity contribution in [2.24, 2.45) is 0 Å². The Morgan fingerprint density at radius 2 is 1.67 bits per heavy atom. The van der Waals surface area contributed by atoms with Gasteiger partial charge >= 0.3 is 0 Å². The predicted octanol–water partition coefficient (Wildman–Crippen LogP) is 5.01. The van der Waals surface area contributed by atoms with Crippen molar-refractivity contribution in [1.29, 1.82) is 0 Å². The fraction of sp³-hybridized carbons (Fsp3) is 0.0500. The quantitative estimate of drug-likeness (QED) is 0.480. The highest BCUT2D eigenvalue weighted by molar-refractivity contribution is 7.99. The third-order valence-electron chi connectivity index (χ3n) is 3.76. The summed E-state index contributed by atoms with van der Waals surface area (Å²) in [6.45, 7) is 0. The molecule has 0 unspecified atom stereocenters. The van der Waals surface area contributed by atoms with Gasteiger partial charge in [0, 0.05) is 27.5 Å². The lowest BCUT2D eigenvalue weighted by Crippen LogP contribution is -2.12. The van der Waals surface area contributed by atoms with E-state index in [4.69, 9.17) is 4.74 Å². The molecule has 0 fully saturated rings. The van der Waals surface area contributed by atoms with Crippen LogP contribution in [0.3, 0.4) is 0 Å². The van der Waals surface area contributed by atoms with Gasteiger partial charge < -0.3 is 10.1 Å². The van der Waals surface area contributed by atoms with Crippen LogP contribution in [0.2, 0.25) is 0 Å². The highest BCUT2D eigenvalue weighted by Gasteiger charge is 2.11. The van der Waals surface area contributed by atoms with E-state index >= 15 is 0 Å². The average molecular weight is 380 g/mol. The first-order valence-corrected chi connectivity index (χ1v) is 8.85. The zero-order valence-electron chi connectivity index (χ0n) is 14.4. The first-order chi connectivity index (χ1) is 13.1. The van der Waals surface area contributed by atoms with E-state index in [1.165, 1.54) is 23.9 Å². The first kappa shape index (κ1) is 18.5. The van der Waals surface area contributed by atoms with Crippen LogP contribution in [-0.2, 0) is 0 Å². The summed E-state index contributed by atoms with van der Waals surface area (Å²) in [6.07, 6.45) is 0. The number of carbonyl (C=O) groups is 1. The smallest absolute Gasteiger partial charge is 0.269 e. The van der Waals surface area contributed by atoms with Crippen molar-refractivity contribution in [3.05, 3.63) is 88.5 Å². The molecule has 1 amide bonds. The van der Waals surface area contributed by atoms with Crippen LogP contribution < -0.4 is 10.1 Å². The van der Waals surface area contributed by atoms with E-state index in [-0.39, 0.29) is 11.6 Å². The number of ether oxygens (including phenoxy) is 1. The number of anilines is 1. The Labute approximate surface area is 160 Å². The number of amides is 1. The number of hydrogen-bond donors (Lipinski definition) is 1. The molecule has 0 atom stereocenters. The highest BCUT2D eigenvalue weighted by Crippen LogP contribution is 2.34. The molecule has 3 aromatic rings. The normalized spacial score (nSPS) is 10.3. The molecule has 0 aliphatic heterocycles. The summed E-state index contributed by atoms with van der Waals surface area (Å²) in [5, 5.41) is 13.7. The summed E-state index contributed by atoms with van der Waals surface area (Å²) in [5.41, 5.74) is 1.23. The first-order valence-electron chi connectivity index (χ1n) is 8.03. The van der Waals surface area contributed by atoms with E-state index in [9.17, 15) is 14.9 Å². The summed E-state index contributed by atoms with van der Waals surface area (Å²) in [4.78, 5) is 24.5. The van der Waals surface area contributed by atoms with Crippen molar-refractivity contribution in [3.8, 4) is 5.75 Å². The minimum absolute atomic E-state index is 0.0421. The van der Waals surface area contributed by atoms with Gasteiger partial charge in [0.15, 0.2) is 0 Å². The third kappa shape index (κ3) is 4.65. The Bertz CT molecular complexity index is 956. The number of carbonyl (C=O) groups excluding carboxylic acids is 1. The number of nitrogens with zero attached hydrogens (tertiary/aromatic N) is 1. The van der Waals surface area contributed by atoms with Gasteiger partial charge in [-0.1, -0.05) is 23.9 Å². The number of nitro benzene ring substituents is 1. The summed E-state index contributed by atoms with van der Waals surface area (Å²) in [7, 11) is 1.57. The molecule has 136 valence electrons. The van der Waals surface area contributed by atoms with Crippen LogP contribution in [-0.4, -0.2) is 17.9 Å². The van der Waals surface area contributed by atoms with E-state index in [2.05, 4.69) is 5.32 Å². The number of methoxy groups -OCH3 is 1. The predicted molar refractivity (Wildman–Crippen MR) is 105 cm³/mol. The Morgan fingerprint density at radius 1 is 1.00 bits per heavy atom. The van der Waals surface area contributed by atoms with Gasteiger partial charge in [-0.2, -0.15) is 0 Å². The van der Waals surface area contributed by atoms with E-state index in [1.54, 1.807) is 43.5 Å². The molecule has 0 bridgehead atoms.